The first kappa shape index (κ1) is 12.0. The van der Waals surface area contributed by atoms with E-state index in [1.54, 1.807) is 6.08 Å². The molecule has 0 fully saturated rings. The Balaban J connectivity index is 0. The molecule has 0 rings (SSSR count). The van der Waals surface area contributed by atoms with Gasteiger partial charge in [-0.15, -0.1) is 6.58 Å². The monoisotopic (exact) mass is 138 g/mol. The maximum Gasteiger partial charge on any atom is -0.0376 e. The minimum Gasteiger partial charge on any atom is -0.103 e. The van der Waals surface area contributed by atoms with Gasteiger partial charge >= 0.3 is 0 Å². The van der Waals surface area contributed by atoms with E-state index in [0.717, 1.165) is 6.42 Å². The molecule has 0 aromatic rings. The van der Waals surface area contributed by atoms with Crippen molar-refractivity contribution in [3.63, 3.8) is 0 Å². The Morgan fingerprint density at radius 1 is 1.20 bits per heavy atom. The molecule has 0 heteroatoms. The number of allylic oxidation sites excluding steroid dienone is 5. The summed E-state index contributed by atoms with van der Waals surface area (Å²) in [7, 11) is 0. The van der Waals surface area contributed by atoms with Crippen LogP contribution in [-0.2, 0) is 0 Å². The van der Waals surface area contributed by atoms with Crippen molar-refractivity contribution < 1.29 is 0 Å². The van der Waals surface area contributed by atoms with Gasteiger partial charge in [0.15, 0.2) is 0 Å². The van der Waals surface area contributed by atoms with Crippen LogP contribution in [0.15, 0.2) is 37.0 Å². The highest BCUT2D eigenvalue weighted by Crippen LogP contribution is 1.79. The second kappa shape index (κ2) is 15.7. The number of hydrogen-bond acceptors (Lipinski definition) is 0. The molecule has 10 heavy (non-hydrogen) atoms. The summed E-state index contributed by atoms with van der Waals surface area (Å²) in [4.78, 5) is 0. The largest absolute Gasteiger partial charge is 0.103 e. The first-order valence-electron chi connectivity index (χ1n) is 3.68. The maximum atomic E-state index is 3.36. The van der Waals surface area contributed by atoms with E-state index in [-0.39, 0.29) is 0 Å². The van der Waals surface area contributed by atoms with Gasteiger partial charge in [0, 0.05) is 0 Å². The van der Waals surface area contributed by atoms with Crippen LogP contribution in [0.3, 0.4) is 0 Å². The molecule has 0 atom stereocenters. The molecule has 0 radical (unpaired) electrons. The van der Waals surface area contributed by atoms with Crippen LogP contribution in [0.5, 0.6) is 0 Å². The van der Waals surface area contributed by atoms with Crippen LogP contribution in [0.2, 0.25) is 0 Å². The van der Waals surface area contributed by atoms with Crippen molar-refractivity contribution in [1.82, 2.24) is 0 Å². The van der Waals surface area contributed by atoms with Gasteiger partial charge < -0.3 is 0 Å². The van der Waals surface area contributed by atoms with E-state index in [1.165, 1.54) is 0 Å². The van der Waals surface area contributed by atoms with Crippen molar-refractivity contribution in [3.05, 3.63) is 37.0 Å². The molecule has 58 valence electrons. The third-order valence-electron chi connectivity index (χ3n) is 0.675. The lowest BCUT2D eigenvalue weighted by Crippen LogP contribution is -1.48. The Labute approximate surface area is 65.0 Å². The third kappa shape index (κ3) is 26.9. The summed E-state index contributed by atoms with van der Waals surface area (Å²) >= 11 is 0. The van der Waals surface area contributed by atoms with Crippen LogP contribution in [0.1, 0.15) is 27.2 Å². The van der Waals surface area contributed by atoms with E-state index < -0.39 is 0 Å². The Morgan fingerprint density at radius 2 is 1.70 bits per heavy atom. The molecule has 0 unspecified atom stereocenters. The summed E-state index contributed by atoms with van der Waals surface area (Å²) in [5.41, 5.74) is 0. The zero-order valence-electron chi connectivity index (χ0n) is 7.30. The van der Waals surface area contributed by atoms with Crippen molar-refractivity contribution in [2.75, 3.05) is 0 Å². The number of hydrogen-bond donors (Lipinski definition) is 0. The Bertz CT molecular complexity index is 96.6. The highest BCUT2D eigenvalue weighted by molar-refractivity contribution is 5.00. The smallest absolute Gasteiger partial charge is 0.0376 e. The summed E-state index contributed by atoms with van der Waals surface area (Å²) in [6.45, 7) is 9.39. The Kier molecular flexibility index (Phi) is 18.8. The summed E-state index contributed by atoms with van der Waals surface area (Å²) in [5.74, 6) is 0. The van der Waals surface area contributed by atoms with Gasteiger partial charge in [-0.3, -0.25) is 0 Å². The van der Waals surface area contributed by atoms with Crippen LogP contribution in [0.4, 0.5) is 0 Å². The molecule has 0 nitrogen and oxygen atoms in total. The Hall–Kier alpha value is -0.780. The first-order chi connectivity index (χ1) is 4.83. The third-order valence-corrected chi connectivity index (χ3v) is 0.675. The average molecular weight is 138 g/mol. The average Bonchev–Trinajstić information content (AvgIpc) is 1.91. The first-order valence-corrected chi connectivity index (χ1v) is 3.68. The number of rotatable bonds is 2. The van der Waals surface area contributed by atoms with Crippen LogP contribution in [-0.4, -0.2) is 0 Å². The minimum atomic E-state index is 1.13. The Morgan fingerprint density at radius 3 is 2.00 bits per heavy atom. The van der Waals surface area contributed by atoms with E-state index in [4.69, 9.17) is 0 Å². The van der Waals surface area contributed by atoms with Gasteiger partial charge in [-0.1, -0.05) is 37.3 Å². The van der Waals surface area contributed by atoms with Gasteiger partial charge in [-0.2, -0.15) is 0 Å². The van der Waals surface area contributed by atoms with Gasteiger partial charge in [-0.25, -0.2) is 0 Å². The lowest BCUT2D eigenvalue weighted by Gasteiger charge is -1.70. The molecule has 0 bridgehead atoms. The fourth-order valence-corrected chi connectivity index (χ4v) is 0.326. The topological polar surface area (TPSA) is 0 Å². The van der Waals surface area contributed by atoms with Gasteiger partial charge in [0.1, 0.15) is 0 Å². The fourth-order valence-electron chi connectivity index (χ4n) is 0.326. The van der Waals surface area contributed by atoms with Crippen LogP contribution >= 0.6 is 0 Å². The van der Waals surface area contributed by atoms with Crippen molar-refractivity contribution in [2.24, 2.45) is 0 Å². The minimum absolute atomic E-state index is 1.13. The molecule has 0 aliphatic carbocycles. The second-order valence-electron chi connectivity index (χ2n) is 1.77. The molecule has 0 saturated heterocycles. The van der Waals surface area contributed by atoms with E-state index in [2.05, 4.69) is 25.7 Å². The second-order valence-corrected chi connectivity index (χ2v) is 1.77. The highest BCUT2D eigenvalue weighted by atomic mass is 13.6. The highest BCUT2D eigenvalue weighted by Gasteiger charge is 1.57. The molecule has 0 aromatic carbocycles. The van der Waals surface area contributed by atoms with E-state index in [0.29, 0.717) is 0 Å². The lowest BCUT2D eigenvalue weighted by molar-refractivity contribution is 1.22. The molecule has 0 saturated carbocycles. The van der Waals surface area contributed by atoms with Crippen molar-refractivity contribution in [1.29, 1.82) is 0 Å². The predicted octanol–water partition coefficient (Wildman–Crippen LogP) is 3.72. The van der Waals surface area contributed by atoms with Gasteiger partial charge in [0.25, 0.3) is 0 Å². The normalized spacial score (nSPS) is 9.50. The molecule has 0 aliphatic rings. The molecule has 0 amide bonds. The predicted molar refractivity (Wildman–Crippen MR) is 50.1 cm³/mol. The van der Waals surface area contributed by atoms with Crippen molar-refractivity contribution in [2.45, 2.75) is 27.2 Å². The van der Waals surface area contributed by atoms with Gasteiger partial charge in [-0.05, 0) is 20.3 Å². The fraction of sp³-hybridized carbons (Fsp3) is 0.400. The van der Waals surface area contributed by atoms with Crippen molar-refractivity contribution in [3.8, 4) is 0 Å². The van der Waals surface area contributed by atoms with E-state index in [9.17, 15) is 0 Å². The molecular weight excluding hydrogens is 120 g/mol. The van der Waals surface area contributed by atoms with Crippen molar-refractivity contribution >= 4 is 0 Å². The maximum absolute atomic E-state index is 3.36. The van der Waals surface area contributed by atoms with E-state index in [1.807, 2.05) is 26.0 Å². The van der Waals surface area contributed by atoms with E-state index >= 15 is 0 Å². The van der Waals surface area contributed by atoms with Gasteiger partial charge in [0.05, 0.1) is 0 Å². The summed E-state index contributed by atoms with van der Waals surface area (Å²) in [5, 5.41) is 0. The SMILES string of the molecule is C/C=C\C=C/CC.C=CC. The molecule has 0 N–H and O–H groups in total. The lowest BCUT2D eigenvalue weighted by atomic mass is 10.4. The van der Waals surface area contributed by atoms with Crippen LogP contribution < -0.4 is 0 Å². The zero-order valence-corrected chi connectivity index (χ0v) is 7.30. The molecule has 0 spiro atoms. The summed E-state index contributed by atoms with van der Waals surface area (Å²) < 4.78 is 0. The standard InChI is InChI=1S/C7H12.C3H6/c1-3-5-7-6-4-2;1-3-2/h3,5-7H,4H2,1-2H3;3H,1H2,2H3/b5-3-,7-6-;. The molecular formula is C10H18. The van der Waals surface area contributed by atoms with Crippen LogP contribution in [0.25, 0.3) is 0 Å². The summed E-state index contributed by atoms with van der Waals surface area (Å²) in [6.07, 6.45) is 11.1. The van der Waals surface area contributed by atoms with Crippen LogP contribution in [0, 0.1) is 0 Å². The quantitative estimate of drug-likeness (QED) is 0.403. The molecule has 0 aliphatic heterocycles. The van der Waals surface area contributed by atoms with Gasteiger partial charge in [0.2, 0.25) is 0 Å². The molecule has 0 heterocycles. The zero-order chi connectivity index (χ0) is 8.24. The summed E-state index contributed by atoms with van der Waals surface area (Å²) in [6, 6.07) is 0. The molecule has 0 aromatic heterocycles.